The number of thiophene rings is 1. The van der Waals surface area contributed by atoms with Crippen LogP contribution in [0, 0.1) is 5.41 Å². The molecule has 1 rings (SSSR count). The molecule has 0 saturated heterocycles. The van der Waals surface area contributed by atoms with Crippen LogP contribution in [0.1, 0.15) is 32.1 Å². The van der Waals surface area contributed by atoms with E-state index in [2.05, 4.69) is 31.7 Å². The summed E-state index contributed by atoms with van der Waals surface area (Å²) in [5, 5.41) is 0. The van der Waals surface area contributed by atoms with Crippen molar-refractivity contribution in [3.8, 4) is 0 Å². The molecule has 0 unspecified atom stereocenters. The van der Waals surface area contributed by atoms with E-state index < -0.39 is 0 Å². The number of hydrogen-bond acceptors (Lipinski definition) is 3. The molecule has 0 aliphatic heterocycles. The molecule has 0 amide bonds. The van der Waals surface area contributed by atoms with Gasteiger partial charge in [-0.2, -0.15) is 0 Å². The van der Waals surface area contributed by atoms with Crippen LogP contribution in [-0.2, 0) is 6.54 Å². The molecule has 0 aromatic carbocycles. The molecule has 1 aromatic rings. The van der Waals surface area contributed by atoms with Crippen molar-refractivity contribution >= 4 is 22.9 Å². The zero-order valence-corrected chi connectivity index (χ0v) is 12.6. The Morgan fingerprint density at radius 2 is 2.12 bits per heavy atom. The summed E-state index contributed by atoms with van der Waals surface area (Å²) in [5.74, 6) is 0. The predicted octanol–water partition coefficient (Wildman–Crippen LogP) is 3.60. The van der Waals surface area contributed by atoms with Gasteiger partial charge in [-0.25, -0.2) is 0 Å². The van der Waals surface area contributed by atoms with Gasteiger partial charge < -0.3 is 5.73 Å². The van der Waals surface area contributed by atoms with Crippen LogP contribution in [0.5, 0.6) is 0 Å². The average Bonchev–Trinajstić information content (AvgIpc) is 2.64. The van der Waals surface area contributed by atoms with E-state index in [1.165, 1.54) is 11.3 Å². The van der Waals surface area contributed by atoms with E-state index in [-0.39, 0.29) is 5.41 Å². The lowest BCUT2D eigenvalue weighted by Crippen LogP contribution is -2.38. The van der Waals surface area contributed by atoms with Crippen molar-refractivity contribution in [2.45, 2.75) is 33.7 Å². The monoisotopic (exact) mass is 274 g/mol. The lowest BCUT2D eigenvalue weighted by Gasteiger charge is -2.31. The molecule has 2 nitrogen and oxygen atoms in total. The minimum absolute atomic E-state index is 0.177. The molecule has 17 heavy (non-hydrogen) atoms. The van der Waals surface area contributed by atoms with Crippen molar-refractivity contribution in [3.63, 3.8) is 0 Å². The molecule has 0 aliphatic rings. The number of nitrogens with two attached hydrogens (primary N) is 1. The molecule has 98 valence electrons. The van der Waals surface area contributed by atoms with Gasteiger partial charge in [0.1, 0.15) is 0 Å². The highest BCUT2D eigenvalue weighted by molar-refractivity contribution is 7.16. The van der Waals surface area contributed by atoms with E-state index in [1.54, 1.807) is 11.3 Å². The Morgan fingerprint density at radius 3 is 2.59 bits per heavy atom. The van der Waals surface area contributed by atoms with Gasteiger partial charge in [0.05, 0.1) is 4.34 Å². The third-order valence-electron chi connectivity index (χ3n) is 2.75. The maximum absolute atomic E-state index is 5.96. The smallest absolute Gasteiger partial charge is 0.0931 e. The molecule has 0 bridgehead atoms. The fourth-order valence-electron chi connectivity index (χ4n) is 1.86. The zero-order valence-electron chi connectivity index (χ0n) is 11.0. The van der Waals surface area contributed by atoms with E-state index in [4.69, 9.17) is 17.3 Å². The normalized spacial score (nSPS) is 12.4. The summed E-state index contributed by atoms with van der Waals surface area (Å²) >= 11 is 7.63. The lowest BCUT2D eigenvalue weighted by atomic mass is 9.93. The Hall–Kier alpha value is -0.0900. The van der Waals surface area contributed by atoms with Crippen molar-refractivity contribution in [1.82, 2.24) is 4.90 Å². The lowest BCUT2D eigenvalue weighted by molar-refractivity contribution is 0.177. The first-order valence-electron chi connectivity index (χ1n) is 6.13. The Balaban J connectivity index is 2.60. The predicted molar refractivity (Wildman–Crippen MR) is 77.7 cm³/mol. The van der Waals surface area contributed by atoms with Crippen LogP contribution in [-0.4, -0.2) is 24.5 Å². The molecular weight excluding hydrogens is 252 g/mol. The summed E-state index contributed by atoms with van der Waals surface area (Å²) in [6.07, 6.45) is 1.17. The van der Waals surface area contributed by atoms with Gasteiger partial charge in [-0.15, -0.1) is 11.3 Å². The second-order valence-electron chi connectivity index (χ2n) is 5.28. The van der Waals surface area contributed by atoms with Crippen LogP contribution >= 0.6 is 22.9 Å². The molecular formula is C13H23ClN2S. The third kappa shape index (κ3) is 5.38. The van der Waals surface area contributed by atoms with Gasteiger partial charge in [0.25, 0.3) is 0 Å². The highest BCUT2D eigenvalue weighted by Crippen LogP contribution is 2.24. The zero-order chi connectivity index (χ0) is 12.9. The summed E-state index contributed by atoms with van der Waals surface area (Å²) in [5.41, 5.74) is 5.98. The summed E-state index contributed by atoms with van der Waals surface area (Å²) in [4.78, 5) is 3.80. The van der Waals surface area contributed by atoms with Crippen LogP contribution in [0.3, 0.4) is 0 Å². The van der Waals surface area contributed by atoms with E-state index in [1.807, 2.05) is 6.07 Å². The molecule has 0 aliphatic carbocycles. The summed E-state index contributed by atoms with van der Waals surface area (Å²) in [7, 11) is 0. The van der Waals surface area contributed by atoms with E-state index >= 15 is 0 Å². The van der Waals surface area contributed by atoms with Crippen molar-refractivity contribution in [2.75, 3.05) is 19.6 Å². The molecule has 0 radical (unpaired) electrons. The van der Waals surface area contributed by atoms with Gasteiger partial charge in [0.2, 0.25) is 0 Å². The molecule has 0 saturated carbocycles. The standard InChI is InChI=1S/C13H23ClN2S/c1-4-7-16(10-13(2,3)9-15)8-11-5-6-12(14)17-11/h5-6H,4,7-10,15H2,1-3H3. The maximum Gasteiger partial charge on any atom is 0.0931 e. The van der Waals surface area contributed by atoms with Gasteiger partial charge in [-0.05, 0) is 37.1 Å². The first kappa shape index (κ1) is 15.0. The Morgan fingerprint density at radius 1 is 1.41 bits per heavy atom. The van der Waals surface area contributed by atoms with Crippen molar-refractivity contribution in [3.05, 3.63) is 21.3 Å². The van der Waals surface area contributed by atoms with Crippen LogP contribution in [0.4, 0.5) is 0 Å². The Kier molecular flexibility index (Phi) is 5.93. The second-order valence-corrected chi connectivity index (χ2v) is 7.08. The summed E-state index contributed by atoms with van der Waals surface area (Å²) in [6.45, 7) is 10.5. The van der Waals surface area contributed by atoms with Gasteiger partial charge in [-0.3, -0.25) is 4.90 Å². The molecule has 1 aromatic heterocycles. The van der Waals surface area contributed by atoms with Gasteiger partial charge >= 0.3 is 0 Å². The van der Waals surface area contributed by atoms with Crippen molar-refractivity contribution in [2.24, 2.45) is 11.1 Å². The number of hydrogen-bond donors (Lipinski definition) is 1. The quantitative estimate of drug-likeness (QED) is 0.823. The van der Waals surface area contributed by atoms with Gasteiger partial charge in [0.15, 0.2) is 0 Å². The molecule has 0 atom stereocenters. The molecule has 0 fully saturated rings. The molecule has 0 spiro atoms. The SMILES string of the molecule is CCCN(Cc1ccc(Cl)s1)CC(C)(C)CN. The van der Waals surface area contributed by atoms with Crippen LogP contribution in [0.25, 0.3) is 0 Å². The van der Waals surface area contributed by atoms with Gasteiger partial charge in [-0.1, -0.05) is 32.4 Å². The second kappa shape index (κ2) is 6.74. The van der Waals surface area contributed by atoms with Crippen LogP contribution in [0.15, 0.2) is 12.1 Å². The fraction of sp³-hybridized carbons (Fsp3) is 0.692. The minimum atomic E-state index is 0.177. The Bertz CT molecular complexity index is 336. The first-order valence-corrected chi connectivity index (χ1v) is 7.33. The van der Waals surface area contributed by atoms with Gasteiger partial charge in [0, 0.05) is 18.0 Å². The topological polar surface area (TPSA) is 29.3 Å². The largest absolute Gasteiger partial charge is 0.330 e. The fourth-order valence-corrected chi connectivity index (χ4v) is 2.99. The highest BCUT2D eigenvalue weighted by atomic mass is 35.5. The molecule has 2 N–H and O–H groups in total. The minimum Gasteiger partial charge on any atom is -0.330 e. The maximum atomic E-state index is 5.96. The number of rotatable bonds is 7. The summed E-state index contributed by atoms with van der Waals surface area (Å²) in [6, 6.07) is 4.09. The van der Waals surface area contributed by atoms with E-state index in [0.717, 1.165) is 30.5 Å². The van der Waals surface area contributed by atoms with E-state index in [0.29, 0.717) is 0 Å². The Labute approximate surface area is 114 Å². The molecule has 1 heterocycles. The van der Waals surface area contributed by atoms with Crippen molar-refractivity contribution < 1.29 is 0 Å². The average molecular weight is 275 g/mol. The number of nitrogens with zero attached hydrogens (tertiary/aromatic N) is 1. The third-order valence-corrected chi connectivity index (χ3v) is 3.97. The van der Waals surface area contributed by atoms with Crippen molar-refractivity contribution in [1.29, 1.82) is 0 Å². The molecule has 4 heteroatoms. The van der Waals surface area contributed by atoms with Crippen LogP contribution in [0.2, 0.25) is 4.34 Å². The van der Waals surface area contributed by atoms with E-state index in [9.17, 15) is 0 Å². The summed E-state index contributed by atoms with van der Waals surface area (Å²) < 4.78 is 0.870. The number of halogens is 1. The first-order chi connectivity index (χ1) is 7.96. The van der Waals surface area contributed by atoms with Crippen LogP contribution < -0.4 is 5.73 Å². The highest BCUT2D eigenvalue weighted by Gasteiger charge is 2.20.